The van der Waals surface area contributed by atoms with Gasteiger partial charge in [0.1, 0.15) is 18.0 Å². The van der Waals surface area contributed by atoms with E-state index >= 15 is 0 Å². The first-order chi connectivity index (χ1) is 15.2. The summed E-state index contributed by atoms with van der Waals surface area (Å²) in [5.74, 6) is 2.48. The molecule has 0 radical (unpaired) electrons. The minimum absolute atomic E-state index is 0.250. The van der Waals surface area contributed by atoms with Gasteiger partial charge >= 0.3 is 6.09 Å². The number of halogens is 1. The van der Waals surface area contributed by atoms with E-state index in [2.05, 4.69) is 6.07 Å². The van der Waals surface area contributed by atoms with Gasteiger partial charge < -0.3 is 23.8 Å². The molecule has 2 aromatic carbocycles. The van der Waals surface area contributed by atoms with Gasteiger partial charge in [-0.25, -0.2) is 4.79 Å². The summed E-state index contributed by atoms with van der Waals surface area (Å²) in [4.78, 5) is 14.2. The Morgan fingerprint density at radius 2 is 1.88 bits per heavy atom. The zero-order valence-corrected chi connectivity index (χ0v) is 19.8. The molecule has 172 valence electrons. The highest BCUT2D eigenvalue weighted by molar-refractivity contribution is 6.30. The lowest BCUT2D eigenvalue weighted by atomic mass is 9.88. The van der Waals surface area contributed by atoms with Crippen LogP contribution >= 0.6 is 11.6 Å². The molecule has 1 fully saturated rings. The lowest BCUT2D eigenvalue weighted by Crippen LogP contribution is -2.41. The van der Waals surface area contributed by atoms with Crippen LogP contribution < -0.4 is 14.2 Å². The summed E-state index contributed by atoms with van der Waals surface area (Å²) in [5, 5.41) is 0.611. The van der Waals surface area contributed by atoms with E-state index in [-0.39, 0.29) is 18.1 Å². The highest BCUT2D eigenvalue weighted by Gasteiger charge is 2.32. The molecule has 32 heavy (non-hydrogen) atoms. The largest absolute Gasteiger partial charge is 0.496 e. The van der Waals surface area contributed by atoms with Crippen LogP contribution in [0, 0.1) is 0 Å². The summed E-state index contributed by atoms with van der Waals surface area (Å²) in [7, 11) is 1.62. The number of piperidine rings is 1. The number of ether oxygens (including phenoxy) is 4. The number of nitrogens with zero attached hydrogens (tertiary/aromatic N) is 1. The molecule has 0 aliphatic carbocycles. The van der Waals surface area contributed by atoms with Gasteiger partial charge in [-0.15, -0.1) is 0 Å². The summed E-state index contributed by atoms with van der Waals surface area (Å²) < 4.78 is 23.6. The minimum Gasteiger partial charge on any atom is -0.496 e. The van der Waals surface area contributed by atoms with Crippen LogP contribution in [0.5, 0.6) is 17.2 Å². The number of rotatable bonds is 3. The Morgan fingerprint density at radius 1 is 1.12 bits per heavy atom. The highest BCUT2D eigenvalue weighted by Crippen LogP contribution is 2.45. The summed E-state index contributed by atoms with van der Waals surface area (Å²) >= 11 is 6.12. The third kappa shape index (κ3) is 4.90. The van der Waals surface area contributed by atoms with Crippen molar-refractivity contribution in [2.24, 2.45) is 0 Å². The van der Waals surface area contributed by atoms with E-state index in [1.165, 1.54) is 0 Å². The van der Waals surface area contributed by atoms with Crippen molar-refractivity contribution in [2.75, 3.05) is 26.8 Å². The average Bonchev–Trinajstić information content (AvgIpc) is 2.77. The second-order valence-corrected chi connectivity index (χ2v) is 9.66. The normalized spacial score (nSPS) is 18.9. The van der Waals surface area contributed by atoms with Crippen molar-refractivity contribution in [3.8, 4) is 17.2 Å². The molecule has 2 heterocycles. The van der Waals surface area contributed by atoms with Crippen LogP contribution in [-0.4, -0.2) is 43.4 Å². The maximum atomic E-state index is 12.4. The molecule has 0 unspecified atom stereocenters. The molecule has 2 aliphatic rings. The van der Waals surface area contributed by atoms with Gasteiger partial charge in [0.05, 0.1) is 7.11 Å². The number of amides is 1. The standard InChI is InChI=1S/C25H30ClNO5/c1-25(2,3)32-24(28)27-12-10-16(11-13-27)18-6-5-7-20-23(18)31-22(15-30-20)19-9-8-17(26)14-21(19)29-4/h5-9,14,16,22H,10-13,15H2,1-4H3/t22-/m0/s1. The summed E-state index contributed by atoms with van der Waals surface area (Å²) in [6.07, 6.45) is 1.14. The molecule has 0 saturated carbocycles. The Kier molecular flexibility index (Phi) is 6.42. The second kappa shape index (κ2) is 9.10. The smallest absolute Gasteiger partial charge is 0.410 e. The zero-order chi connectivity index (χ0) is 22.9. The van der Waals surface area contributed by atoms with Crippen molar-refractivity contribution in [1.82, 2.24) is 4.90 Å². The van der Waals surface area contributed by atoms with Gasteiger partial charge in [-0.1, -0.05) is 23.7 Å². The van der Waals surface area contributed by atoms with Crippen LogP contribution in [0.15, 0.2) is 36.4 Å². The Morgan fingerprint density at radius 3 is 2.56 bits per heavy atom. The quantitative estimate of drug-likeness (QED) is 0.565. The van der Waals surface area contributed by atoms with E-state index in [4.69, 9.17) is 30.5 Å². The first-order valence-corrected chi connectivity index (χ1v) is 11.4. The summed E-state index contributed by atoms with van der Waals surface area (Å²) in [6.45, 7) is 7.36. The molecule has 1 amide bonds. The number of hydrogen-bond acceptors (Lipinski definition) is 5. The topological polar surface area (TPSA) is 57.2 Å². The van der Waals surface area contributed by atoms with E-state index in [0.29, 0.717) is 30.5 Å². The Balaban J connectivity index is 1.50. The fourth-order valence-electron chi connectivity index (χ4n) is 4.24. The first kappa shape index (κ1) is 22.6. The first-order valence-electron chi connectivity index (χ1n) is 11.0. The van der Waals surface area contributed by atoms with Gasteiger partial charge in [0.2, 0.25) is 0 Å². The number of benzene rings is 2. The maximum Gasteiger partial charge on any atom is 0.410 e. The van der Waals surface area contributed by atoms with Crippen molar-refractivity contribution in [1.29, 1.82) is 0 Å². The summed E-state index contributed by atoms with van der Waals surface area (Å²) in [5.41, 5.74) is 1.52. The van der Waals surface area contributed by atoms with Gasteiger partial charge in [0, 0.05) is 29.2 Å². The molecule has 2 aromatic rings. The molecule has 1 saturated heterocycles. The third-order valence-corrected chi connectivity index (χ3v) is 6.02. The van der Waals surface area contributed by atoms with Gasteiger partial charge in [0.15, 0.2) is 17.6 Å². The number of carbonyl (C=O) groups is 1. The van der Waals surface area contributed by atoms with Gasteiger partial charge in [-0.05, 0) is 63.8 Å². The highest BCUT2D eigenvalue weighted by atomic mass is 35.5. The molecular weight excluding hydrogens is 430 g/mol. The fraction of sp³-hybridized carbons (Fsp3) is 0.480. The van der Waals surface area contributed by atoms with Crippen LogP contribution in [0.2, 0.25) is 5.02 Å². The predicted molar refractivity (Wildman–Crippen MR) is 123 cm³/mol. The van der Waals surface area contributed by atoms with Crippen molar-refractivity contribution in [3.63, 3.8) is 0 Å². The van der Waals surface area contributed by atoms with Gasteiger partial charge in [-0.2, -0.15) is 0 Å². The zero-order valence-electron chi connectivity index (χ0n) is 19.0. The second-order valence-electron chi connectivity index (χ2n) is 9.22. The molecule has 2 aliphatic heterocycles. The third-order valence-electron chi connectivity index (χ3n) is 5.79. The molecule has 0 bridgehead atoms. The lowest BCUT2D eigenvalue weighted by Gasteiger charge is -2.35. The molecule has 0 aromatic heterocycles. The Hall–Kier alpha value is -2.60. The van der Waals surface area contributed by atoms with E-state index < -0.39 is 5.60 Å². The molecular formula is C25H30ClNO5. The van der Waals surface area contributed by atoms with Crippen molar-refractivity contribution < 1.29 is 23.7 Å². The molecule has 4 rings (SSSR count). The molecule has 0 N–H and O–H groups in total. The van der Waals surface area contributed by atoms with Crippen LogP contribution in [0.25, 0.3) is 0 Å². The van der Waals surface area contributed by atoms with E-state index in [0.717, 1.165) is 35.5 Å². The Labute approximate surface area is 194 Å². The number of likely N-dealkylation sites (tertiary alicyclic amines) is 1. The number of fused-ring (bicyclic) bond motifs is 1. The minimum atomic E-state index is -0.491. The monoisotopic (exact) mass is 459 g/mol. The molecule has 1 atom stereocenters. The Bertz CT molecular complexity index is 979. The number of carbonyl (C=O) groups excluding carboxylic acids is 1. The van der Waals surface area contributed by atoms with Crippen molar-refractivity contribution in [3.05, 3.63) is 52.5 Å². The lowest BCUT2D eigenvalue weighted by molar-refractivity contribution is 0.0203. The molecule has 0 spiro atoms. The van der Waals surface area contributed by atoms with Gasteiger partial charge in [0.25, 0.3) is 0 Å². The maximum absolute atomic E-state index is 12.4. The fourth-order valence-corrected chi connectivity index (χ4v) is 4.40. The molecule has 6 nitrogen and oxygen atoms in total. The number of para-hydroxylation sites is 1. The number of methoxy groups -OCH3 is 1. The van der Waals surface area contributed by atoms with Crippen LogP contribution in [-0.2, 0) is 4.74 Å². The van der Waals surface area contributed by atoms with E-state index in [9.17, 15) is 4.79 Å². The SMILES string of the molecule is COc1cc(Cl)ccc1[C@@H]1COc2cccc(C3CCN(C(=O)OC(C)(C)C)CC3)c2O1. The van der Waals surface area contributed by atoms with Crippen LogP contribution in [0.1, 0.15) is 56.8 Å². The predicted octanol–water partition coefficient (Wildman–Crippen LogP) is 5.98. The van der Waals surface area contributed by atoms with E-state index in [1.54, 1.807) is 18.1 Å². The average molecular weight is 460 g/mol. The van der Waals surface area contributed by atoms with Gasteiger partial charge in [-0.3, -0.25) is 0 Å². The van der Waals surface area contributed by atoms with E-state index in [1.807, 2.05) is 45.0 Å². The van der Waals surface area contributed by atoms with Crippen LogP contribution in [0.4, 0.5) is 4.79 Å². The van der Waals surface area contributed by atoms with Crippen LogP contribution in [0.3, 0.4) is 0 Å². The van der Waals surface area contributed by atoms with Crippen molar-refractivity contribution in [2.45, 2.75) is 51.2 Å². The van der Waals surface area contributed by atoms with Crippen molar-refractivity contribution >= 4 is 17.7 Å². The summed E-state index contributed by atoms with van der Waals surface area (Å²) in [6, 6.07) is 11.6. The molecule has 7 heteroatoms. The number of hydrogen-bond donors (Lipinski definition) is 0.